The van der Waals surface area contributed by atoms with Crippen molar-refractivity contribution in [1.29, 1.82) is 0 Å². The molecule has 9 heteroatoms. The number of aromatic nitrogens is 3. The van der Waals surface area contributed by atoms with Gasteiger partial charge in [0.15, 0.2) is 11.9 Å². The molecule has 1 aliphatic rings. The van der Waals surface area contributed by atoms with E-state index in [0.717, 1.165) is 0 Å². The fourth-order valence-corrected chi connectivity index (χ4v) is 2.00. The van der Waals surface area contributed by atoms with Crippen molar-refractivity contribution in [1.82, 2.24) is 25.0 Å². The molecule has 1 atom stereocenters. The highest BCUT2D eigenvalue weighted by Crippen LogP contribution is 2.11. The van der Waals surface area contributed by atoms with Gasteiger partial charge < -0.3 is 19.6 Å². The molecule has 0 aromatic carbocycles. The second kappa shape index (κ2) is 5.87. The third kappa shape index (κ3) is 3.05. The van der Waals surface area contributed by atoms with Crippen LogP contribution in [0.25, 0.3) is 0 Å². The molecule has 2 amide bonds. The minimum Gasteiger partial charge on any atom is -0.480 e. The SMILES string of the molecule is Cc1nc(CN(C)C(=O)N2CCOCC2C(=O)O)n[nH]1. The van der Waals surface area contributed by atoms with Crippen LogP contribution in [0.3, 0.4) is 0 Å². The number of aryl methyl sites for hydroxylation is 1. The lowest BCUT2D eigenvalue weighted by Crippen LogP contribution is -2.55. The van der Waals surface area contributed by atoms with Crippen molar-refractivity contribution in [3.05, 3.63) is 11.6 Å². The predicted octanol–water partition coefficient (Wildman–Crippen LogP) is -0.550. The first-order valence-corrected chi connectivity index (χ1v) is 6.19. The maximum Gasteiger partial charge on any atom is 0.328 e. The minimum absolute atomic E-state index is 0.00861. The third-order valence-electron chi connectivity index (χ3n) is 3.01. The Labute approximate surface area is 115 Å². The number of aromatic amines is 1. The van der Waals surface area contributed by atoms with Crippen LogP contribution in [0, 0.1) is 6.92 Å². The Kier molecular flexibility index (Phi) is 4.18. The van der Waals surface area contributed by atoms with E-state index in [4.69, 9.17) is 9.84 Å². The predicted molar refractivity (Wildman–Crippen MR) is 66.9 cm³/mol. The van der Waals surface area contributed by atoms with E-state index in [2.05, 4.69) is 15.2 Å². The first-order chi connectivity index (χ1) is 9.49. The number of morpholine rings is 1. The molecule has 0 aliphatic carbocycles. The van der Waals surface area contributed by atoms with Gasteiger partial charge in [0.05, 0.1) is 19.8 Å². The summed E-state index contributed by atoms with van der Waals surface area (Å²) in [6.07, 6.45) is 0. The Bertz CT molecular complexity index is 503. The van der Waals surface area contributed by atoms with E-state index in [9.17, 15) is 9.59 Å². The number of carboxylic acid groups (broad SMARTS) is 1. The van der Waals surface area contributed by atoms with Crippen molar-refractivity contribution >= 4 is 12.0 Å². The number of hydrogen-bond acceptors (Lipinski definition) is 5. The zero-order valence-corrected chi connectivity index (χ0v) is 11.4. The van der Waals surface area contributed by atoms with Crippen LogP contribution in [0.5, 0.6) is 0 Å². The van der Waals surface area contributed by atoms with Crippen molar-refractivity contribution in [3.8, 4) is 0 Å². The Balaban J connectivity index is 2.02. The summed E-state index contributed by atoms with van der Waals surface area (Å²) in [4.78, 5) is 30.2. The van der Waals surface area contributed by atoms with Crippen molar-refractivity contribution in [2.75, 3.05) is 26.8 Å². The topological polar surface area (TPSA) is 112 Å². The summed E-state index contributed by atoms with van der Waals surface area (Å²) < 4.78 is 5.10. The highest BCUT2D eigenvalue weighted by Gasteiger charge is 2.34. The zero-order chi connectivity index (χ0) is 14.7. The Morgan fingerprint density at radius 2 is 2.35 bits per heavy atom. The highest BCUT2D eigenvalue weighted by molar-refractivity contribution is 5.82. The van der Waals surface area contributed by atoms with Crippen LogP contribution in [0.2, 0.25) is 0 Å². The summed E-state index contributed by atoms with van der Waals surface area (Å²) in [5, 5.41) is 15.8. The van der Waals surface area contributed by atoms with E-state index in [1.165, 1.54) is 9.80 Å². The van der Waals surface area contributed by atoms with Crippen LogP contribution in [0.15, 0.2) is 0 Å². The van der Waals surface area contributed by atoms with Gasteiger partial charge in [-0.15, -0.1) is 0 Å². The van der Waals surface area contributed by atoms with Gasteiger partial charge in [-0.1, -0.05) is 0 Å². The number of carbonyl (C=O) groups excluding carboxylic acids is 1. The van der Waals surface area contributed by atoms with Gasteiger partial charge >= 0.3 is 12.0 Å². The molecule has 1 aromatic rings. The molecule has 1 fully saturated rings. The molecule has 0 saturated carbocycles. The van der Waals surface area contributed by atoms with Crippen LogP contribution in [-0.4, -0.2) is 74.9 Å². The lowest BCUT2D eigenvalue weighted by Gasteiger charge is -2.35. The van der Waals surface area contributed by atoms with Crippen LogP contribution in [-0.2, 0) is 16.1 Å². The molecule has 2 rings (SSSR count). The van der Waals surface area contributed by atoms with E-state index in [1.54, 1.807) is 14.0 Å². The maximum atomic E-state index is 12.3. The molecule has 1 aliphatic heterocycles. The summed E-state index contributed by atoms with van der Waals surface area (Å²) in [6, 6.07) is -1.32. The summed E-state index contributed by atoms with van der Waals surface area (Å²) in [5.74, 6) is 0.0781. The van der Waals surface area contributed by atoms with Gasteiger partial charge in [-0.3, -0.25) is 5.10 Å². The fraction of sp³-hybridized carbons (Fsp3) is 0.636. The number of aliphatic carboxylic acids is 1. The van der Waals surface area contributed by atoms with Gasteiger partial charge in [-0.05, 0) is 6.92 Å². The number of hydrogen-bond donors (Lipinski definition) is 2. The lowest BCUT2D eigenvalue weighted by atomic mass is 10.2. The number of amides is 2. The molecule has 2 N–H and O–H groups in total. The van der Waals surface area contributed by atoms with Gasteiger partial charge in [0, 0.05) is 13.6 Å². The first kappa shape index (κ1) is 14.3. The molecule has 0 spiro atoms. The van der Waals surface area contributed by atoms with Crippen molar-refractivity contribution < 1.29 is 19.4 Å². The molecule has 20 heavy (non-hydrogen) atoms. The highest BCUT2D eigenvalue weighted by atomic mass is 16.5. The zero-order valence-electron chi connectivity index (χ0n) is 11.4. The Morgan fingerprint density at radius 1 is 1.60 bits per heavy atom. The quantitative estimate of drug-likeness (QED) is 0.770. The molecule has 2 heterocycles. The first-order valence-electron chi connectivity index (χ1n) is 6.19. The van der Waals surface area contributed by atoms with Crippen molar-refractivity contribution in [3.63, 3.8) is 0 Å². The molecule has 1 unspecified atom stereocenters. The second-order valence-electron chi connectivity index (χ2n) is 4.60. The number of nitrogens with one attached hydrogen (secondary N) is 1. The van der Waals surface area contributed by atoms with Gasteiger partial charge in [0.2, 0.25) is 0 Å². The number of carbonyl (C=O) groups is 2. The minimum atomic E-state index is -1.07. The standard InChI is InChI=1S/C11H17N5O4/c1-7-12-9(14-13-7)5-15(2)11(19)16-3-4-20-6-8(16)10(17)18/h8H,3-6H2,1-2H3,(H,17,18)(H,12,13,14). The van der Waals surface area contributed by atoms with E-state index in [-0.39, 0.29) is 25.7 Å². The van der Waals surface area contributed by atoms with Crippen LogP contribution in [0.4, 0.5) is 4.79 Å². The monoisotopic (exact) mass is 283 g/mol. The Morgan fingerprint density at radius 3 is 2.95 bits per heavy atom. The maximum absolute atomic E-state index is 12.3. The molecule has 9 nitrogen and oxygen atoms in total. The Hall–Kier alpha value is -2.16. The van der Waals surface area contributed by atoms with E-state index in [0.29, 0.717) is 18.3 Å². The number of H-pyrrole nitrogens is 1. The molecular formula is C11H17N5O4. The lowest BCUT2D eigenvalue weighted by molar-refractivity contribution is -0.147. The van der Waals surface area contributed by atoms with Gasteiger partial charge in [0.1, 0.15) is 5.82 Å². The molecule has 1 saturated heterocycles. The number of urea groups is 1. The average Bonchev–Trinajstić information content (AvgIpc) is 2.83. The van der Waals surface area contributed by atoms with Crippen LogP contribution < -0.4 is 0 Å². The molecule has 110 valence electrons. The summed E-state index contributed by atoms with van der Waals surface area (Å²) in [6.45, 7) is 2.58. The third-order valence-corrected chi connectivity index (χ3v) is 3.01. The summed E-state index contributed by atoms with van der Waals surface area (Å²) in [5.41, 5.74) is 0. The van der Waals surface area contributed by atoms with E-state index >= 15 is 0 Å². The number of ether oxygens (including phenoxy) is 1. The number of rotatable bonds is 3. The molecule has 0 bridgehead atoms. The average molecular weight is 283 g/mol. The van der Waals surface area contributed by atoms with Gasteiger partial charge in [-0.2, -0.15) is 5.10 Å². The van der Waals surface area contributed by atoms with Crippen molar-refractivity contribution in [2.24, 2.45) is 0 Å². The summed E-state index contributed by atoms with van der Waals surface area (Å²) >= 11 is 0. The van der Waals surface area contributed by atoms with E-state index < -0.39 is 12.0 Å². The summed E-state index contributed by atoms with van der Waals surface area (Å²) in [7, 11) is 1.59. The number of nitrogens with zero attached hydrogens (tertiary/aromatic N) is 4. The van der Waals surface area contributed by atoms with Gasteiger partial charge in [-0.25, -0.2) is 14.6 Å². The second-order valence-corrected chi connectivity index (χ2v) is 4.60. The smallest absolute Gasteiger partial charge is 0.328 e. The van der Waals surface area contributed by atoms with Crippen LogP contribution >= 0.6 is 0 Å². The van der Waals surface area contributed by atoms with Crippen LogP contribution in [0.1, 0.15) is 11.6 Å². The fourth-order valence-electron chi connectivity index (χ4n) is 2.00. The largest absolute Gasteiger partial charge is 0.480 e. The van der Waals surface area contributed by atoms with E-state index in [1.807, 2.05) is 0 Å². The molecule has 0 radical (unpaired) electrons. The van der Waals surface area contributed by atoms with Crippen molar-refractivity contribution in [2.45, 2.75) is 19.5 Å². The molecule has 1 aromatic heterocycles. The normalized spacial score (nSPS) is 18.9. The van der Waals surface area contributed by atoms with Gasteiger partial charge in [0.25, 0.3) is 0 Å². The number of carboxylic acids is 1. The molecular weight excluding hydrogens is 266 g/mol.